The van der Waals surface area contributed by atoms with Gasteiger partial charge in [-0.1, -0.05) is 24.3 Å². The number of para-hydroxylation sites is 1. The van der Waals surface area contributed by atoms with Crippen molar-refractivity contribution in [3.05, 3.63) is 59.7 Å². The van der Waals surface area contributed by atoms with Crippen molar-refractivity contribution in [2.45, 2.75) is 12.5 Å². The molecule has 26 heavy (non-hydrogen) atoms. The first-order valence-electron chi connectivity index (χ1n) is 8.09. The van der Waals surface area contributed by atoms with Crippen LogP contribution in [0.15, 0.2) is 48.5 Å². The Kier molecular flexibility index (Phi) is 4.93. The SMILES string of the molecule is COC(=O)[C@@H]1Cc2ccccc2N1C(=O)/C=C/c1ccc(O)c(OC)c1. The predicted octanol–water partition coefficient (Wildman–Crippen LogP) is 2.54. The zero-order chi connectivity index (χ0) is 18.7. The fourth-order valence-electron chi connectivity index (χ4n) is 3.03. The van der Waals surface area contributed by atoms with Gasteiger partial charge in [-0.25, -0.2) is 4.79 Å². The summed E-state index contributed by atoms with van der Waals surface area (Å²) in [6.07, 6.45) is 3.43. The zero-order valence-corrected chi connectivity index (χ0v) is 14.5. The van der Waals surface area contributed by atoms with Gasteiger partial charge in [0, 0.05) is 18.2 Å². The second-order valence-electron chi connectivity index (χ2n) is 5.84. The Morgan fingerprint density at radius 2 is 1.96 bits per heavy atom. The lowest BCUT2D eigenvalue weighted by Gasteiger charge is -2.22. The number of phenols is 1. The number of ether oxygens (including phenoxy) is 2. The monoisotopic (exact) mass is 353 g/mol. The van der Waals surface area contributed by atoms with Gasteiger partial charge in [0.05, 0.1) is 14.2 Å². The minimum absolute atomic E-state index is 0.0233. The molecule has 0 saturated carbocycles. The lowest BCUT2D eigenvalue weighted by molar-refractivity contribution is -0.143. The van der Waals surface area contributed by atoms with E-state index in [1.54, 1.807) is 18.2 Å². The summed E-state index contributed by atoms with van der Waals surface area (Å²) in [5, 5.41) is 9.64. The standard InChI is InChI=1S/C20H19NO5/c1-25-18-11-13(7-9-17(18)22)8-10-19(23)21-15-6-4-3-5-14(15)12-16(21)20(24)26-2/h3-11,16,22H,12H2,1-2H3/b10-8+/t16-/m0/s1. The van der Waals surface area contributed by atoms with Crippen molar-refractivity contribution in [3.63, 3.8) is 0 Å². The average Bonchev–Trinajstić information content (AvgIpc) is 3.06. The Bertz CT molecular complexity index is 874. The molecule has 1 heterocycles. The summed E-state index contributed by atoms with van der Waals surface area (Å²) in [4.78, 5) is 26.3. The summed E-state index contributed by atoms with van der Waals surface area (Å²) in [6, 6.07) is 11.5. The second kappa shape index (κ2) is 7.31. The van der Waals surface area contributed by atoms with Gasteiger partial charge in [-0.3, -0.25) is 9.69 Å². The highest BCUT2D eigenvalue weighted by Gasteiger charge is 2.38. The van der Waals surface area contributed by atoms with Crippen LogP contribution in [0.4, 0.5) is 5.69 Å². The summed E-state index contributed by atoms with van der Waals surface area (Å²) < 4.78 is 9.91. The van der Waals surface area contributed by atoms with Crippen LogP contribution in [0.3, 0.4) is 0 Å². The van der Waals surface area contributed by atoms with Crippen LogP contribution in [-0.4, -0.2) is 37.2 Å². The molecule has 2 aromatic carbocycles. The third kappa shape index (κ3) is 3.26. The summed E-state index contributed by atoms with van der Waals surface area (Å²) in [5.74, 6) is -0.430. The minimum atomic E-state index is -0.677. The molecule has 6 heteroatoms. The molecule has 1 atom stereocenters. The van der Waals surface area contributed by atoms with Crippen LogP contribution in [0, 0.1) is 0 Å². The van der Waals surface area contributed by atoms with Crippen LogP contribution in [0.1, 0.15) is 11.1 Å². The average molecular weight is 353 g/mol. The van der Waals surface area contributed by atoms with Gasteiger partial charge in [-0.2, -0.15) is 0 Å². The molecule has 0 fully saturated rings. The number of amides is 1. The molecule has 0 saturated heterocycles. The lowest BCUT2D eigenvalue weighted by Crippen LogP contribution is -2.42. The van der Waals surface area contributed by atoms with Gasteiger partial charge in [0.15, 0.2) is 11.5 Å². The minimum Gasteiger partial charge on any atom is -0.504 e. The normalized spacial score (nSPS) is 15.8. The number of benzene rings is 2. The van der Waals surface area contributed by atoms with Crippen LogP contribution in [-0.2, 0) is 20.7 Å². The van der Waals surface area contributed by atoms with Crippen LogP contribution in [0.5, 0.6) is 11.5 Å². The third-order valence-corrected chi connectivity index (χ3v) is 4.31. The molecule has 1 aliphatic rings. The number of esters is 1. The van der Waals surface area contributed by atoms with Gasteiger partial charge < -0.3 is 14.6 Å². The smallest absolute Gasteiger partial charge is 0.329 e. The molecule has 1 aliphatic heterocycles. The zero-order valence-electron chi connectivity index (χ0n) is 14.5. The molecule has 1 N–H and O–H groups in total. The van der Waals surface area contributed by atoms with Crippen molar-refractivity contribution in [2.24, 2.45) is 0 Å². The van der Waals surface area contributed by atoms with Gasteiger partial charge >= 0.3 is 5.97 Å². The van der Waals surface area contributed by atoms with Crippen molar-refractivity contribution >= 4 is 23.6 Å². The molecular formula is C20H19NO5. The highest BCUT2D eigenvalue weighted by atomic mass is 16.5. The summed E-state index contributed by atoms with van der Waals surface area (Å²) >= 11 is 0. The molecule has 1 amide bonds. The molecule has 3 rings (SSSR count). The number of phenolic OH excluding ortho intramolecular Hbond substituents is 1. The van der Waals surface area contributed by atoms with Crippen molar-refractivity contribution < 1.29 is 24.2 Å². The van der Waals surface area contributed by atoms with Gasteiger partial charge in [-0.05, 0) is 35.4 Å². The molecule has 0 radical (unpaired) electrons. The number of carbonyl (C=O) groups excluding carboxylic acids is 2. The highest BCUT2D eigenvalue weighted by molar-refractivity contribution is 6.09. The van der Waals surface area contributed by atoms with Crippen molar-refractivity contribution in [3.8, 4) is 11.5 Å². The van der Waals surface area contributed by atoms with E-state index in [9.17, 15) is 14.7 Å². The maximum absolute atomic E-state index is 12.8. The van der Waals surface area contributed by atoms with Crippen LogP contribution in [0.2, 0.25) is 0 Å². The van der Waals surface area contributed by atoms with Crippen LogP contribution >= 0.6 is 0 Å². The van der Waals surface area contributed by atoms with Crippen molar-refractivity contribution in [1.82, 2.24) is 0 Å². The van der Waals surface area contributed by atoms with E-state index in [0.29, 0.717) is 23.4 Å². The molecule has 0 unspecified atom stereocenters. The number of hydrogen-bond donors (Lipinski definition) is 1. The Balaban J connectivity index is 1.88. The van der Waals surface area contributed by atoms with E-state index in [-0.39, 0.29) is 11.7 Å². The Morgan fingerprint density at radius 1 is 1.19 bits per heavy atom. The fourth-order valence-corrected chi connectivity index (χ4v) is 3.03. The summed E-state index contributed by atoms with van der Waals surface area (Å²) in [5.41, 5.74) is 2.33. The lowest BCUT2D eigenvalue weighted by atomic mass is 10.1. The third-order valence-electron chi connectivity index (χ3n) is 4.31. The van der Waals surface area contributed by atoms with Gasteiger partial charge in [-0.15, -0.1) is 0 Å². The van der Waals surface area contributed by atoms with E-state index in [1.807, 2.05) is 24.3 Å². The molecule has 2 aromatic rings. The number of methoxy groups -OCH3 is 2. The molecule has 6 nitrogen and oxygen atoms in total. The Hall–Kier alpha value is -3.28. The van der Waals surface area contributed by atoms with E-state index in [0.717, 1.165) is 5.56 Å². The first-order valence-corrected chi connectivity index (χ1v) is 8.09. The van der Waals surface area contributed by atoms with E-state index in [4.69, 9.17) is 9.47 Å². The number of nitrogens with zero attached hydrogens (tertiary/aromatic N) is 1. The largest absolute Gasteiger partial charge is 0.504 e. The van der Waals surface area contributed by atoms with Gasteiger partial charge in [0.25, 0.3) is 5.91 Å². The quantitative estimate of drug-likeness (QED) is 0.675. The highest BCUT2D eigenvalue weighted by Crippen LogP contribution is 2.33. The predicted molar refractivity (Wildman–Crippen MR) is 97.1 cm³/mol. The van der Waals surface area contributed by atoms with E-state index in [2.05, 4.69) is 0 Å². The Morgan fingerprint density at radius 3 is 2.69 bits per heavy atom. The number of fused-ring (bicyclic) bond motifs is 1. The first-order chi connectivity index (χ1) is 12.5. The van der Waals surface area contributed by atoms with Gasteiger partial charge in [0.1, 0.15) is 6.04 Å². The number of anilines is 1. The van der Waals surface area contributed by atoms with Crippen LogP contribution in [0.25, 0.3) is 6.08 Å². The number of aromatic hydroxyl groups is 1. The maximum atomic E-state index is 12.8. The second-order valence-corrected chi connectivity index (χ2v) is 5.84. The van der Waals surface area contributed by atoms with Crippen molar-refractivity contribution in [1.29, 1.82) is 0 Å². The molecule has 0 spiro atoms. The van der Waals surface area contributed by atoms with E-state index in [1.165, 1.54) is 31.3 Å². The molecule has 134 valence electrons. The molecule has 0 aromatic heterocycles. The topological polar surface area (TPSA) is 76.1 Å². The van der Waals surface area contributed by atoms with E-state index >= 15 is 0 Å². The van der Waals surface area contributed by atoms with Crippen molar-refractivity contribution in [2.75, 3.05) is 19.1 Å². The Labute approximate surface area is 151 Å². The number of hydrogen-bond acceptors (Lipinski definition) is 5. The summed E-state index contributed by atoms with van der Waals surface area (Å²) in [6.45, 7) is 0. The number of rotatable bonds is 4. The fraction of sp³-hybridized carbons (Fsp3) is 0.200. The number of carbonyl (C=O) groups is 2. The molecule has 0 bridgehead atoms. The maximum Gasteiger partial charge on any atom is 0.329 e. The van der Waals surface area contributed by atoms with E-state index < -0.39 is 12.0 Å². The first kappa shape index (κ1) is 17.5. The molecule has 0 aliphatic carbocycles. The van der Waals surface area contributed by atoms with Crippen LogP contribution < -0.4 is 9.64 Å². The summed E-state index contributed by atoms with van der Waals surface area (Å²) in [7, 11) is 2.77. The van der Waals surface area contributed by atoms with Gasteiger partial charge in [0.2, 0.25) is 0 Å². The molecular weight excluding hydrogens is 334 g/mol.